The van der Waals surface area contributed by atoms with E-state index in [0.29, 0.717) is 6.54 Å². The fraction of sp³-hybridized carbons (Fsp3) is 0.474. The second-order valence-electron chi connectivity index (χ2n) is 6.86. The predicted octanol–water partition coefficient (Wildman–Crippen LogP) is 2.40. The summed E-state index contributed by atoms with van der Waals surface area (Å²) in [7, 11) is 0. The average molecular weight is 399 g/mol. The van der Waals surface area contributed by atoms with Gasteiger partial charge >= 0.3 is 6.18 Å². The van der Waals surface area contributed by atoms with E-state index < -0.39 is 17.8 Å². The van der Waals surface area contributed by atoms with Gasteiger partial charge in [-0.2, -0.15) is 13.2 Å². The number of hydrazine groups is 1. The highest BCUT2D eigenvalue weighted by molar-refractivity contribution is 5.30. The lowest BCUT2D eigenvalue weighted by Crippen LogP contribution is -2.36. The molecule has 0 spiro atoms. The highest BCUT2D eigenvalue weighted by atomic mass is 19.4. The van der Waals surface area contributed by atoms with Crippen LogP contribution in [0.15, 0.2) is 40.8 Å². The molecule has 1 fully saturated rings. The molecule has 2 aromatic rings. The Morgan fingerprint density at radius 1 is 1.32 bits per heavy atom. The maximum absolute atomic E-state index is 12.7. The largest absolute Gasteiger partial charge is 0.491 e. The summed E-state index contributed by atoms with van der Waals surface area (Å²) in [5.74, 6) is 1.99. The molecule has 3 rings (SSSR count). The van der Waals surface area contributed by atoms with E-state index >= 15 is 0 Å². The van der Waals surface area contributed by atoms with Crippen molar-refractivity contribution >= 4 is 0 Å². The van der Waals surface area contributed by atoms with Gasteiger partial charge in [-0.15, -0.1) is 0 Å². The van der Waals surface area contributed by atoms with Crippen molar-refractivity contribution in [2.45, 2.75) is 25.2 Å². The maximum atomic E-state index is 12.7. The van der Waals surface area contributed by atoms with Crippen LogP contribution in [0.3, 0.4) is 0 Å². The Balaban J connectivity index is 1.42. The van der Waals surface area contributed by atoms with Gasteiger partial charge in [-0.3, -0.25) is 5.43 Å². The van der Waals surface area contributed by atoms with E-state index in [1.54, 1.807) is 0 Å². The molecule has 154 valence electrons. The first-order valence-electron chi connectivity index (χ1n) is 9.06. The number of nitrogens with one attached hydrogen (secondary N) is 3. The molecule has 9 heteroatoms. The van der Waals surface area contributed by atoms with E-state index in [0.717, 1.165) is 30.2 Å². The molecular formula is C19H24F3N3O3. The summed E-state index contributed by atoms with van der Waals surface area (Å²) in [5, 5.41) is 13.2. The van der Waals surface area contributed by atoms with Crippen LogP contribution in [-0.4, -0.2) is 37.5 Å². The van der Waals surface area contributed by atoms with Crippen LogP contribution in [-0.2, 0) is 6.18 Å². The third kappa shape index (κ3) is 5.48. The summed E-state index contributed by atoms with van der Waals surface area (Å²) in [4.78, 5) is 0. The van der Waals surface area contributed by atoms with Crippen LogP contribution >= 0.6 is 0 Å². The van der Waals surface area contributed by atoms with Crippen molar-refractivity contribution in [1.29, 1.82) is 0 Å². The fourth-order valence-electron chi connectivity index (χ4n) is 3.10. The lowest BCUT2D eigenvalue weighted by molar-refractivity contribution is -0.137. The van der Waals surface area contributed by atoms with Gasteiger partial charge in [0.2, 0.25) is 0 Å². The Bertz CT molecular complexity index is 766. The van der Waals surface area contributed by atoms with Crippen molar-refractivity contribution < 1.29 is 27.4 Å². The number of alkyl halides is 3. The summed E-state index contributed by atoms with van der Waals surface area (Å²) < 4.78 is 49.1. The molecule has 6 nitrogen and oxygen atoms in total. The number of hydrogen-bond donors (Lipinski definition) is 4. The third-order valence-corrected chi connectivity index (χ3v) is 4.55. The number of ether oxygens (including phenoxy) is 1. The van der Waals surface area contributed by atoms with E-state index in [9.17, 15) is 18.3 Å². The molecule has 3 atom stereocenters. The zero-order valence-corrected chi connectivity index (χ0v) is 15.4. The molecule has 1 aliphatic rings. The van der Waals surface area contributed by atoms with Crippen molar-refractivity contribution in [3.63, 3.8) is 0 Å². The van der Waals surface area contributed by atoms with Crippen molar-refractivity contribution in [2.75, 3.05) is 26.2 Å². The molecule has 2 heterocycles. The van der Waals surface area contributed by atoms with Gasteiger partial charge in [0.15, 0.2) is 0 Å². The van der Waals surface area contributed by atoms with Crippen LogP contribution in [0.4, 0.5) is 13.2 Å². The fourth-order valence-corrected chi connectivity index (χ4v) is 3.10. The molecule has 0 radical (unpaired) electrons. The Labute approximate surface area is 161 Å². The number of aliphatic hydroxyl groups excluding tert-OH is 1. The second-order valence-corrected chi connectivity index (χ2v) is 6.86. The van der Waals surface area contributed by atoms with Gasteiger partial charge in [0.25, 0.3) is 0 Å². The van der Waals surface area contributed by atoms with Crippen molar-refractivity contribution in [2.24, 2.45) is 5.92 Å². The number of aliphatic hydroxyl groups is 1. The average Bonchev–Trinajstić information content (AvgIpc) is 3.28. The number of aryl methyl sites for hydroxylation is 1. The number of rotatable bonds is 8. The van der Waals surface area contributed by atoms with Gasteiger partial charge < -0.3 is 19.6 Å². The van der Waals surface area contributed by atoms with Crippen LogP contribution in [0.25, 0.3) is 0 Å². The Kier molecular flexibility index (Phi) is 6.61. The number of halogens is 3. The first-order chi connectivity index (χ1) is 13.3. The first-order valence-corrected chi connectivity index (χ1v) is 9.06. The Hall–Kier alpha value is -2.07. The maximum Gasteiger partial charge on any atom is 0.416 e. The van der Waals surface area contributed by atoms with Crippen LogP contribution in [0.1, 0.15) is 23.1 Å². The van der Waals surface area contributed by atoms with Crippen molar-refractivity contribution in [3.05, 3.63) is 53.5 Å². The molecule has 0 amide bonds. The number of hydrogen-bond acceptors (Lipinski definition) is 6. The third-order valence-electron chi connectivity index (χ3n) is 4.55. The molecule has 1 aliphatic heterocycles. The molecule has 3 unspecified atom stereocenters. The van der Waals surface area contributed by atoms with Crippen LogP contribution in [0, 0.1) is 12.8 Å². The van der Waals surface area contributed by atoms with Crippen molar-refractivity contribution in [3.8, 4) is 5.75 Å². The molecule has 1 aromatic heterocycles. The summed E-state index contributed by atoms with van der Waals surface area (Å²) in [6.07, 6.45) is -5.27. The van der Waals surface area contributed by atoms with Gasteiger partial charge in [-0.25, -0.2) is 5.43 Å². The standard InChI is InChI=1S/C19H24F3N3O3/c1-12-5-6-17(28-12)18-13(9-24-25-18)8-23-10-15(26)11-27-16-4-2-3-14(7-16)19(20,21)22/h2-7,13,15,18,23-26H,8-11H2,1H3. The van der Waals surface area contributed by atoms with E-state index in [4.69, 9.17) is 9.15 Å². The van der Waals surface area contributed by atoms with Gasteiger partial charge in [-0.05, 0) is 37.3 Å². The van der Waals surface area contributed by atoms with E-state index in [1.165, 1.54) is 12.1 Å². The zero-order chi connectivity index (χ0) is 20.1. The van der Waals surface area contributed by atoms with E-state index in [2.05, 4.69) is 16.2 Å². The van der Waals surface area contributed by atoms with Crippen LogP contribution in [0.5, 0.6) is 5.75 Å². The topological polar surface area (TPSA) is 78.7 Å². The molecule has 1 saturated heterocycles. The Morgan fingerprint density at radius 3 is 2.86 bits per heavy atom. The van der Waals surface area contributed by atoms with Crippen LogP contribution in [0.2, 0.25) is 0 Å². The molecule has 28 heavy (non-hydrogen) atoms. The quantitative estimate of drug-likeness (QED) is 0.546. The van der Waals surface area contributed by atoms with Gasteiger partial charge in [0.1, 0.15) is 30.0 Å². The first kappa shape index (κ1) is 20.7. The smallest absolute Gasteiger partial charge is 0.416 e. The predicted molar refractivity (Wildman–Crippen MR) is 96.6 cm³/mol. The van der Waals surface area contributed by atoms with E-state index in [-0.39, 0.29) is 30.9 Å². The van der Waals surface area contributed by atoms with Crippen LogP contribution < -0.4 is 20.9 Å². The minimum atomic E-state index is -4.42. The van der Waals surface area contributed by atoms with E-state index in [1.807, 2.05) is 19.1 Å². The van der Waals surface area contributed by atoms with Gasteiger partial charge in [0, 0.05) is 25.6 Å². The highest BCUT2D eigenvalue weighted by Crippen LogP contribution is 2.31. The highest BCUT2D eigenvalue weighted by Gasteiger charge is 2.31. The minimum Gasteiger partial charge on any atom is -0.491 e. The van der Waals surface area contributed by atoms with Gasteiger partial charge in [0.05, 0.1) is 11.6 Å². The molecule has 0 bridgehead atoms. The molecule has 4 N–H and O–H groups in total. The SMILES string of the molecule is Cc1ccc(C2NNCC2CNCC(O)COc2cccc(C(F)(F)F)c2)o1. The summed E-state index contributed by atoms with van der Waals surface area (Å²) in [6, 6.07) is 8.48. The molecular weight excluding hydrogens is 375 g/mol. The van der Waals surface area contributed by atoms with Crippen molar-refractivity contribution in [1.82, 2.24) is 16.2 Å². The second kappa shape index (κ2) is 8.95. The molecule has 0 aliphatic carbocycles. The molecule has 0 saturated carbocycles. The summed E-state index contributed by atoms with van der Waals surface area (Å²) in [6.45, 7) is 3.43. The number of benzene rings is 1. The number of furan rings is 1. The zero-order valence-electron chi connectivity index (χ0n) is 15.4. The molecule has 1 aromatic carbocycles. The summed E-state index contributed by atoms with van der Waals surface area (Å²) >= 11 is 0. The lowest BCUT2D eigenvalue weighted by atomic mass is 10.00. The normalized spacial score (nSPS) is 21.0. The monoisotopic (exact) mass is 399 g/mol. The Morgan fingerprint density at radius 2 is 2.14 bits per heavy atom. The summed E-state index contributed by atoms with van der Waals surface area (Å²) in [5.41, 5.74) is 5.50. The lowest BCUT2D eigenvalue weighted by Gasteiger charge is -2.19. The van der Waals surface area contributed by atoms with Gasteiger partial charge in [-0.1, -0.05) is 6.07 Å². The minimum absolute atomic E-state index is 0.0275.